The summed E-state index contributed by atoms with van der Waals surface area (Å²) < 4.78 is 17.6. The lowest BCUT2D eigenvalue weighted by Crippen LogP contribution is -2.54. The Bertz CT molecular complexity index is 2490. The largest absolute Gasteiger partial charge is 0.371 e. The van der Waals surface area contributed by atoms with Crippen molar-refractivity contribution >= 4 is 63.8 Å². The van der Waals surface area contributed by atoms with Gasteiger partial charge in [-0.3, -0.25) is 43.8 Å². The molecule has 2 aromatic heterocycles. The van der Waals surface area contributed by atoms with Crippen molar-refractivity contribution in [3.05, 3.63) is 95.4 Å². The van der Waals surface area contributed by atoms with Crippen molar-refractivity contribution < 1.29 is 23.6 Å². The molecular weight excluding hydrogens is 778 g/mol. The van der Waals surface area contributed by atoms with Crippen molar-refractivity contribution in [3.63, 3.8) is 0 Å². The summed E-state index contributed by atoms with van der Waals surface area (Å²) in [4.78, 5) is 73.0. The van der Waals surface area contributed by atoms with Crippen LogP contribution in [0.4, 0.5) is 33.3 Å². The van der Waals surface area contributed by atoms with Crippen molar-refractivity contribution in [1.82, 2.24) is 39.5 Å². The minimum absolute atomic E-state index is 0.0281. The zero-order chi connectivity index (χ0) is 41.6. The predicted molar refractivity (Wildman–Crippen MR) is 227 cm³/mol. The van der Waals surface area contributed by atoms with Gasteiger partial charge < -0.3 is 15.5 Å². The van der Waals surface area contributed by atoms with Gasteiger partial charge in [0.25, 0.3) is 11.8 Å². The van der Waals surface area contributed by atoms with E-state index in [1.807, 2.05) is 30.3 Å². The van der Waals surface area contributed by atoms with Gasteiger partial charge in [0, 0.05) is 86.9 Å². The van der Waals surface area contributed by atoms with E-state index in [4.69, 9.17) is 9.97 Å². The number of hydrogen-bond donors (Lipinski definition) is 3. The number of fused-ring (bicyclic) bond motifs is 2. The number of anilines is 5. The fourth-order valence-electron chi connectivity index (χ4n) is 9.76. The first-order chi connectivity index (χ1) is 29.8. The molecule has 4 aliphatic heterocycles. The topological polar surface area (TPSA) is 161 Å². The average Bonchev–Trinajstić information content (AvgIpc) is 3.99. The molecular formula is C45H48FN11O4. The third-order valence-electron chi connectivity index (χ3n) is 13.0. The highest BCUT2D eigenvalue weighted by Gasteiger charge is 2.45. The molecule has 6 heterocycles. The molecule has 1 saturated carbocycles. The van der Waals surface area contributed by atoms with E-state index in [0.717, 1.165) is 104 Å². The highest BCUT2D eigenvalue weighted by atomic mass is 19.1. The first-order valence-electron chi connectivity index (χ1n) is 21.5. The molecule has 16 heteroatoms. The molecule has 314 valence electrons. The lowest BCUT2D eigenvalue weighted by atomic mass is 10.0. The van der Waals surface area contributed by atoms with Crippen LogP contribution in [0.2, 0.25) is 0 Å². The van der Waals surface area contributed by atoms with Gasteiger partial charge in [-0.1, -0.05) is 31.0 Å². The Morgan fingerprint density at radius 2 is 1.44 bits per heavy atom. The first kappa shape index (κ1) is 38.9. The Hall–Kier alpha value is -6.26. The van der Waals surface area contributed by atoms with Gasteiger partial charge >= 0.3 is 0 Å². The van der Waals surface area contributed by atoms with Gasteiger partial charge in [-0.05, 0) is 80.6 Å². The summed E-state index contributed by atoms with van der Waals surface area (Å²) in [7, 11) is 0. The van der Waals surface area contributed by atoms with Crippen LogP contribution in [-0.2, 0) is 16.1 Å². The molecule has 10 rings (SSSR count). The van der Waals surface area contributed by atoms with Crippen molar-refractivity contribution in [2.45, 2.75) is 76.0 Å². The van der Waals surface area contributed by atoms with E-state index in [1.165, 1.54) is 24.6 Å². The molecule has 5 aliphatic rings. The van der Waals surface area contributed by atoms with E-state index in [2.05, 4.69) is 64.5 Å². The van der Waals surface area contributed by atoms with E-state index in [9.17, 15) is 19.2 Å². The van der Waals surface area contributed by atoms with Crippen LogP contribution in [0.3, 0.4) is 0 Å². The third-order valence-corrected chi connectivity index (χ3v) is 13.0. The summed E-state index contributed by atoms with van der Waals surface area (Å²) >= 11 is 0. The number of nitrogens with one attached hydrogen (secondary N) is 3. The summed E-state index contributed by atoms with van der Waals surface area (Å²) in [6.07, 6.45) is 8.57. The SMILES string of the molecule is O=C1CCC(N2C(=O)c3cc(F)c(CN4CCN(C5CCN(c6ccc(Nc7ncc8nc(Nc9ccccc9)n(C9CCCC9)c8n7)cc6)CC5)CC4)cc3C2=O)C(=O)N1. The van der Waals surface area contributed by atoms with Gasteiger partial charge in [0.2, 0.25) is 23.7 Å². The summed E-state index contributed by atoms with van der Waals surface area (Å²) in [6, 6.07) is 20.9. The van der Waals surface area contributed by atoms with Crippen LogP contribution >= 0.6 is 0 Å². The number of piperazine rings is 1. The molecule has 4 amide bonds. The molecule has 3 N–H and O–H groups in total. The molecule has 3 saturated heterocycles. The standard InChI is InChI=1S/C45H48FN11O4/c46-36-25-35-34(42(60)57(43(35)61)38-14-15-39(58)51-41(38)59)24-28(36)27-53-20-22-55(23-21-53)32-16-18-54(19-17-32)31-12-10-30(11-13-31)48-44-47-26-37-40(52-44)56(33-8-4-5-9-33)45(50-37)49-29-6-2-1-3-7-29/h1-3,6-7,10-13,24-26,32-33,38H,4-5,8-9,14-23,27H2,(H,49,50)(H,47,48,52)(H,51,58,59). The minimum Gasteiger partial charge on any atom is -0.371 e. The van der Waals surface area contributed by atoms with Crippen LogP contribution in [0.1, 0.15) is 83.7 Å². The highest BCUT2D eigenvalue weighted by molar-refractivity contribution is 6.23. The Kier molecular flexibility index (Phi) is 10.4. The van der Waals surface area contributed by atoms with E-state index in [0.29, 0.717) is 30.1 Å². The molecule has 4 fully saturated rings. The number of rotatable bonds is 10. The highest BCUT2D eigenvalue weighted by Crippen LogP contribution is 2.36. The number of hydrogen-bond acceptors (Lipinski definition) is 12. The van der Waals surface area contributed by atoms with Gasteiger partial charge in [-0.2, -0.15) is 4.98 Å². The van der Waals surface area contributed by atoms with Gasteiger partial charge in [0.1, 0.15) is 17.4 Å². The zero-order valence-corrected chi connectivity index (χ0v) is 33.9. The maximum atomic E-state index is 15.4. The van der Waals surface area contributed by atoms with Gasteiger partial charge in [0.05, 0.1) is 17.3 Å². The molecule has 1 aliphatic carbocycles. The summed E-state index contributed by atoms with van der Waals surface area (Å²) in [6.45, 7) is 5.44. The number of para-hydroxylation sites is 1. The van der Waals surface area contributed by atoms with Crippen LogP contribution in [0.15, 0.2) is 72.9 Å². The number of carbonyl (C=O) groups excluding carboxylic acids is 4. The Labute approximate surface area is 352 Å². The molecule has 1 atom stereocenters. The molecule has 0 spiro atoms. The van der Waals surface area contributed by atoms with Crippen molar-refractivity contribution in [2.75, 3.05) is 54.8 Å². The average molecular weight is 826 g/mol. The van der Waals surface area contributed by atoms with Crippen LogP contribution in [-0.4, -0.2) is 109 Å². The van der Waals surface area contributed by atoms with E-state index < -0.39 is 35.5 Å². The summed E-state index contributed by atoms with van der Waals surface area (Å²) in [5, 5.41) is 9.12. The summed E-state index contributed by atoms with van der Waals surface area (Å²) in [5.41, 5.74) is 5.08. The van der Waals surface area contributed by atoms with E-state index in [-0.39, 0.29) is 24.0 Å². The number of piperidine rings is 2. The van der Waals surface area contributed by atoms with Crippen LogP contribution in [0.5, 0.6) is 0 Å². The number of imidazole rings is 1. The number of amides is 4. The second kappa shape index (κ2) is 16.3. The lowest BCUT2D eigenvalue weighted by Gasteiger charge is -2.43. The Morgan fingerprint density at radius 1 is 0.738 bits per heavy atom. The Balaban J connectivity index is 0.722. The van der Waals surface area contributed by atoms with Crippen molar-refractivity contribution in [1.29, 1.82) is 0 Å². The predicted octanol–water partition coefficient (Wildman–Crippen LogP) is 5.76. The van der Waals surface area contributed by atoms with Gasteiger partial charge in [-0.15, -0.1) is 0 Å². The Morgan fingerprint density at radius 3 is 2.16 bits per heavy atom. The number of benzene rings is 3. The van der Waals surface area contributed by atoms with Crippen LogP contribution in [0, 0.1) is 5.82 Å². The van der Waals surface area contributed by atoms with Crippen molar-refractivity contribution in [2.24, 2.45) is 0 Å². The van der Waals surface area contributed by atoms with E-state index >= 15 is 4.39 Å². The number of halogens is 1. The smallest absolute Gasteiger partial charge is 0.262 e. The van der Waals surface area contributed by atoms with Crippen LogP contribution in [0.25, 0.3) is 11.2 Å². The lowest BCUT2D eigenvalue weighted by molar-refractivity contribution is -0.136. The maximum Gasteiger partial charge on any atom is 0.262 e. The third kappa shape index (κ3) is 7.69. The molecule has 1 unspecified atom stereocenters. The molecule has 15 nitrogen and oxygen atoms in total. The number of aromatic nitrogens is 4. The summed E-state index contributed by atoms with van der Waals surface area (Å²) in [5.74, 6) is -1.68. The number of carbonyl (C=O) groups is 4. The normalized spacial score (nSPS) is 20.8. The van der Waals surface area contributed by atoms with E-state index in [1.54, 1.807) is 6.20 Å². The zero-order valence-electron chi connectivity index (χ0n) is 33.9. The minimum atomic E-state index is -1.08. The molecule has 0 bridgehead atoms. The molecule has 0 radical (unpaired) electrons. The van der Waals surface area contributed by atoms with Gasteiger partial charge in [-0.25, -0.2) is 14.4 Å². The fourth-order valence-corrected chi connectivity index (χ4v) is 9.76. The number of imide groups is 2. The second-order valence-corrected chi connectivity index (χ2v) is 16.8. The monoisotopic (exact) mass is 825 g/mol. The number of nitrogens with zero attached hydrogens (tertiary/aromatic N) is 8. The maximum absolute atomic E-state index is 15.4. The van der Waals surface area contributed by atoms with Crippen LogP contribution < -0.4 is 20.9 Å². The molecule has 61 heavy (non-hydrogen) atoms. The first-order valence-corrected chi connectivity index (χ1v) is 21.5. The quantitative estimate of drug-likeness (QED) is 0.147. The second-order valence-electron chi connectivity index (χ2n) is 16.8. The fraction of sp³-hybridized carbons (Fsp3) is 0.400. The van der Waals surface area contributed by atoms with Gasteiger partial charge in [0.15, 0.2) is 5.65 Å². The molecule has 3 aromatic carbocycles. The van der Waals surface area contributed by atoms with Crippen molar-refractivity contribution in [3.8, 4) is 0 Å². The molecule has 5 aromatic rings.